The van der Waals surface area contributed by atoms with Gasteiger partial charge in [-0.1, -0.05) is 0 Å². The molecule has 0 N–H and O–H groups in total. The predicted octanol–water partition coefficient (Wildman–Crippen LogP) is -1.08. The molecule has 0 aromatic heterocycles. The van der Waals surface area contributed by atoms with Crippen molar-refractivity contribution < 1.29 is 9.63 Å². The van der Waals surface area contributed by atoms with Crippen LogP contribution < -0.4 is 0 Å². The monoisotopic (exact) mass is 198 g/mol. The second-order valence-corrected chi connectivity index (χ2v) is 0.0833. The van der Waals surface area contributed by atoms with Crippen molar-refractivity contribution >= 4 is 52.9 Å². The first-order valence-electron chi connectivity index (χ1n) is 0.697. The van der Waals surface area contributed by atoms with Crippen LogP contribution in [0.3, 0.4) is 0 Å². The molecule has 0 aliphatic carbocycles. The normalized spacial score (nSPS) is 2.80. The molecule has 0 fully saturated rings. The number of rotatable bonds is 0. The number of hydrogen-bond donors (Lipinski definition) is 0. The molecule has 0 saturated heterocycles. The first kappa shape index (κ1) is 9.23. The molecule has 0 aromatic rings. The molecule has 0 spiro atoms. The first-order valence-corrected chi connectivity index (χ1v) is 2.51. The SMILES string of the molecule is O=C=O.[O]=[Ba]. The summed E-state index contributed by atoms with van der Waals surface area (Å²) in [7, 11) is 0. The molecule has 5 heavy (non-hydrogen) atoms. The van der Waals surface area contributed by atoms with E-state index in [1.165, 1.54) is 0 Å². The van der Waals surface area contributed by atoms with Gasteiger partial charge in [-0.2, -0.15) is 9.59 Å². The van der Waals surface area contributed by atoms with E-state index in [1.807, 2.05) is 0 Å². The topological polar surface area (TPSA) is 51.2 Å². The zero-order valence-electron chi connectivity index (χ0n) is 2.43. The van der Waals surface area contributed by atoms with Crippen molar-refractivity contribution in [3.05, 3.63) is 0 Å². The van der Waals surface area contributed by atoms with Gasteiger partial charge in [0, 0.05) is 0 Å². The van der Waals surface area contributed by atoms with Crippen LogP contribution in [-0.2, 0) is 9.63 Å². The van der Waals surface area contributed by atoms with Gasteiger partial charge in [-0.15, -0.1) is 0 Å². The molecule has 0 amide bonds. The fourth-order valence-corrected chi connectivity index (χ4v) is 0. The average molecular weight is 197 g/mol. The summed E-state index contributed by atoms with van der Waals surface area (Å²) in [6, 6.07) is 0. The Morgan fingerprint density at radius 2 is 1.20 bits per heavy atom. The molecule has 0 radical (unpaired) electrons. The van der Waals surface area contributed by atoms with Crippen molar-refractivity contribution in [1.82, 2.24) is 0 Å². The van der Waals surface area contributed by atoms with Gasteiger partial charge in [0.15, 0.2) is 0 Å². The van der Waals surface area contributed by atoms with Gasteiger partial charge in [-0.3, -0.25) is 0 Å². The zero-order valence-corrected chi connectivity index (χ0v) is 6.87. The second-order valence-electron chi connectivity index (χ2n) is 0.0833. The summed E-state index contributed by atoms with van der Waals surface area (Å²) in [6.07, 6.45) is 0.250. The van der Waals surface area contributed by atoms with Crippen LogP contribution in [0.5, 0.6) is 0 Å². The van der Waals surface area contributed by atoms with Crippen molar-refractivity contribution in [2.75, 3.05) is 0 Å². The van der Waals surface area contributed by atoms with E-state index in [-0.39, 0.29) is 52.9 Å². The van der Waals surface area contributed by atoms with Gasteiger partial charge < -0.3 is 0 Å². The van der Waals surface area contributed by atoms with Crippen LogP contribution in [0, 0.1) is 0 Å². The summed E-state index contributed by atoms with van der Waals surface area (Å²) in [5.74, 6) is 0. The molecule has 0 aliphatic rings. The Morgan fingerprint density at radius 3 is 1.20 bits per heavy atom. The fourth-order valence-electron chi connectivity index (χ4n) is 0. The Bertz CT molecular complexity index is 36.2. The third-order valence-electron chi connectivity index (χ3n) is 0. The molecule has 24 valence electrons. The van der Waals surface area contributed by atoms with Crippen LogP contribution in [0.4, 0.5) is 0 Å². The van der Waals surface area contributed by atoms with Crippen LogP contribution >= 0.6 is 0 Å². The van der Waals surface area contributed by atoms with Crippen molar-refractivity contribution in [2.24, 2.45) is 0 Å². The molecule has 0 heterocycles. The van der Waals surface area contributed by atoms with Gasteiger partial charge in [0.25, 0.3) is 0 Å². The minimum absolute atomic E-state index is 0.222. The van der Waals surface area contributed by atoms with E-state index in [9.17, 15) is 0 Å². The van der Waals surface area contributed by atoms with Gasteiger partial charge >= 0.3 is 52.9 Å². The summed E-state index contributed by atoms with van der Waals surface area (Å²) < 4.78 is 8.44. The fraction of sp³-hybridized carbons (Fsp3) is 0. The second kappa shape index (κ2) is 21.8. The summed E-state index contributed by atoms with van der Waals surface area (Å²) in [5.41, 5.74) is 0. The van der Waals surface area contributed by atoms with E-state index in [0.717, 1.165) is 0 Å². The first-order chi connectivity index (χ1) is 2.41. The summed E-state index contributed by atoms with van der Waals surface area (Å²) >= 11 is -0.222. The molecular weight excluding hydrogens is 197 g/mol. The maximum absolute atomic E-state index is 8.44. The van der Waals surface area contributed by atoms with Crippen LogP contribution in [0.2, 0.25) is 0 Å². The molecule has 0 aliphatic heterocycles. The third kappa shape index (κ3) is 63.7. The van der Waals surface area contributed by atoms with Gasteiger partial charge in [-0.25, -0.2) is 0 Å². The molecule has 3 nitrogen and oxygen atoms in total. The Morgan fingerprint density at radius 1 is 1.20 bits per heavy atom. The van der Waals surface area contributed by atoms with Gasteiger partial charge in [0.2, 0.25) is 0 Å². The van der Waals surface area contributed by atoms with E-state index in [4.69, 9.17) is 9.63 Å². The predicted molar refractivity (Wildman–Crippen MR) is 11.4 cm³/mol. The van der Waals surface area contributed by atoms with Crippen molar-refractivity contribution in [3.8, 4) is 0 Å². The van der Waals surface area contributed by atoms with Crippen LogP contribution in [0.25, 0.3) is 0 Å². The average Bonchev–Trinajstić information content (AvgIpc) is 1.46. The molecule has 0 atom stereocenters. The summed E-state index contributed by atoms with van der Waals surface area (Å²) in [4.78, 5) is 16.2. The molecule has 0 unspecified atom stereocenters. The third-order valence-corrected chi connectivity index (χ3v) is 0. The van der Waals surface area contributed by atoms with Crippen molar-refractivity contribution in [3.63, 3.8) is 0 Å². The molecule has 0 aromatic carbocycles. The maximum atomic E-state index is 8.44. The number of hydrogen-bond acceptors (Lipinski definition) is 3. The Labute approximate surface area is 61.5 Å². The van der Waals surface area contributed by atoms with Crippen molar-refractivity contribution in [2.45, 2.75) is 0 Å². The van der Waals surface area contributed by atoms with Crippen LogP contribution in [0.15, 0.2) is 0 Å². The van der Waals surface area contributed by atoms with E-state index in [1.54, 1.807) is 0 Å². The van der Waals surface area contributed by atoms with Gasteiger partial charge in [0.1, 0.15) is 0 Å². The molecule has 0 bridgehead atoms. The van der Waals surface area contributed by atoms with E-state index in [2.05, 4.69) is 0 Å². The Balaban J connectivity index is 0. The summed E-state index contributed by atoms with van der Waals surface area (Å²) in [5, 5.41) is 0. The quantitative estimate of drug-likeness (QED) is 0.464. The van der Waals surface area contributed by atoms with E-state index in [0.29, 0.717) is 0 Å². The van der Waals surface area contributed by atoms with Gasteiger partial charge in [-0.05, 0) is 0 Å². The van der Waals surface area contributed by atoms with Crippen molar-refractivity contribution in [1.29, 1.82) is 0 Å². The molecule has 0 rings (SSSR count). The zero-order chi connectivity index (χ0) is 4.71. The Hall–Kier alpha value is 0.751. The molecular formula is CBaO3. The van der Waals surface area contributed by atoms with Crippen LogP contribution in [-0.4, -0.2) is 52.9 Å². The van der Waals surface area contributed by atoms with Crippen LogP contribution in [0.1, 0.15) is 0 Å². The summed E-state index contributed by atoms with van der Waals surface area (Å²) in [6.45, 7) is 0. The molecule has 0 saturated carbocycles. The van der Waals surface area contributed by atoms with E-state index >= 15 is 0 Å². The minimum atomic E-state index is -0.222. The van der Waals surface area contributed by atoms with E-state index < -0.39 is 0 Å². The number of carbonyl (C=O) groups excluding carboxylic acids is 2. The molecule has 4 heteroatoms. The Kier molecular flexibility index (Phi) is 40.2. The van der Waals surface area contributed by atoms with Gasteiger partial charge in [0.05, 0.1) is 0 Å². The standard InChI is InChI=1S/CO2.Ba.O/c2-1-3;;.